The van der Waals surface area contributed by atoms with E-state index in [1.165, 1.54) is 12.1 Å². The predicted octanol–water partition coefficient (Wildman–Crippen LogP) is 2.92. The minimum atomic E-state index is -0.750. The third-order valence-corrected chi connectivity index (χ3v) is 3.27. The van der Waals surface area contributed by atoms with Crippen LogP contribution >= 0.6 is 0 Å². The number of hydrogen-bond donors (Lipinski definition) is 2. The third-order valence-electron chi connectivity index (χ3n) is 3.27. The van der Waals surface area contributed by atoms with Gasteiger partial charge < -0.3 is 15.8 Å². The third kappa shape index (κ3) is 5.34. The van der Waals surface area contributed by atoms with Gasteiger partial charge in [-0.15, -0.1) is 0 Å². The first-order valence-corrected chi connectivity index (χ1v) is 7.37. The first kappa shape index (κ1) is 17.4. The summed E-state index contributed by atoms with van der Waals surface area (Å²) in [5.41, 5.74) is 6.38. The lowest BCUT2D eigenvalue weighted by Gasteiger charge is -2.19. The van der Waals surface area contributed by atoms with E-state index in [2.05, 4.69) is 12.2 Å². The van der Waals surface area contributed by atoms with Crippen LogP contribution in [0, 0.1) is 5.82 Å². The highest BCUT2D eigenvalue weighted by Gasteiger charge is 2.18. The fraction of sp³-hybridized carbons (Fsp3) is 0.562. The first-order chi connectivity index (χ1) is 9.85. The van der Waals surface area contributed by atoms with E-state index < -0.39 is 11.9 Å². The molecule has 21 heavy (non-hydrogen) atoms. The van der Waals surface area contributed by atoms with Gasteiger partial charge >= 0.3 is 0 Å². The Kier molecular flexibility index (Phi) is 6.62. The largest absolute Gasteiger partial charge is 0.478 e. The SMILES string of the molecule is CCCC(C)NC(=O)C(C)Oc1ccc(C(C)N)cc1F. The Hall–Kier alpha value is -1.62. The zero-order chi connectivity index (χ0) is 16.0. The summed E-state index contributed by atoms with van der Waals surface area (Å²) < 4.78 is 19.3. The number of hydrogen-bond acceptors (Lipinski definition) is 3. The maximum absolute atomic E-state index is 13.9. The van der Waals surface area contributed by atoms with Crippen LogP contribution < -0.4 is 15.8 Å². The highest BCUT2D eigenvalue weighted by atomic mass is 19.1. The lowest BCUT2D eigenvalue weighted by molar-refractivity contribution is -0.128. The van der Waals surface area contributed by atoms with Crippen molar-refractivity contribution in [2.45, 2.75) is 58.7 Å². The van der Waals surface area contributed by atoms with E-state index in [1.807, 2.05) is 6.92 Å². The van der Waals surface area contributed by atoms with Crippen LogP contribution in [0.3, 0.4) is 0 Å². The van der Waals surface area contributed by atoms with E-state index in [0.717, 1.165) is 12.8 Å². The van der Waals surface area contributed by atoms with Crippen molar-refractivity contribution in [3.63, 3.8) is 0 Å². The minimum Gasteiger partial charge on any atom is -0.478 e. The standard InChI is InChI=1S/C16H25FN2O2/c1-5-6-10(2)19-16(20)12(4)21-15-8-7-13(11(3)18)9-14(15)17/h7-12H,5-6,18H2,1-4H3,(H,19,20). The number of carbonyl (C=O) groups is 1. The fourth-order valence-corrected chi connectivity index (χ4v) is 2.01. The molecule has 0 bridgehead atoms. The molecule has 3 N–H and O–H groups in total. The monoisotopic (exact) mass is 296 g/mol. The second-order valence-electron chi connectivity index (χ2n) is 5.44. The van der Waals surface area contributed by atoms with Crippen LogP contribution in [0.5, 0.6) is 5.75 Å². The lowest BCUT2D eigenvalue weighted by atomic mass is 10.1. The second-order valence-corrected chi connectivity index (χ2v) is 5.44. The summed E-state index contributed by atoms with van der Waals surface area (Å²) in [4.78, 5) is 11.9. The molecule has 1 amide bonds. The van der Waals surface area contributed by atoms with Gasteiger partial charge in [-0.3, -0.25) is 4.79 Å². The van der Waals surface area contributed by atoms with Gasteiger partial charge in [0.15, 0.2) is 17.7 Å². The van der Waals surface area contributed by atoms with Gasteiger partial charge in [0.2, 0.25) is 0 Å². The lowest BCUT2D eigenvalue weighted by Crippen LogP contribution is -2.41. The molecule has 1 rings (SSSR count). The topological polar surface area (TPSA) is 64.3 Å². The van der Waals surface area contributed by atoms with Gasteiger partial charge in [-0.1, -0.05) is 19.4 Å². The second kappa shape index (κ2) is 7.98. The maximum Gasteiger partial charge on any atom is 0.260 e. The van der Waals surface area contributed by atoms with Crippen molar-refractivity contribution in [3.8, 4) is 5.75 Å². The smallest absolute Gasteiger partial charge is 0.260 e. The fourth-order valence-electron chi connectivity index (χ4n) is 2.01. The summed E-state index contributed by atoms with van der Waals surface area (Å²) in [5, 5.41) is 2.84. The summed E-state index contributed by atoms with van der Waals surface area (Å²) in [7, 11) is 0. The highest BCUT2D eigenvalue weighted by Crippen LogP contribution is 2.22. The Bertz CT molecular complexity index is 477. The predicted molar refractivity (Wildman–Crippen MR) is 81.6 cm³/mol. The molecule has 0 aliphatic heterocycles. The van der Waals surface area contributed by atoms with E-state index in [0.29, 0.717) is 5.56 Å². The van der Waals surface area contributed by atoms with Crippen LogP contribution in [0.15, 0.2) is 18.2 Å². The van der Waals surface area contributed by atoms with Crippen molar-refractivity contribution in [1.29, 1.82) is 0 Å². The molecule has 0 spiro atoms. The molecule has 118 valence electrons. The molecule has 0 heterocycles. The highest BCUT2D eigenvalue weighted by molar-refractivity contribution is 5.80. The Balaban J connectivity index is 2.66. The molecule has 3 unspecified atom stereocenters. The number of nitrogens with two attached hydrogens (primary N) is 1. The van der Waals surface area contributed by atoms with Crippen LogP contribution in [0.25, 0.3) is 0 Å². The van der Waals surface area contributed by atoms with E-state index >= 15 is 0 Å². The quantitative estimate of drug-likeness (QED) is 0.813. The molecule has 0 radical (unpaired) electrons. The Morgan fingerprint density at radius 3 is 2.57 bits per heavy atom. The molecule has 1 aromatic rings. The molecule has 0 aliphatic carbocycles. The van der Waals surface area contributed by atoms with Gasteiger partial charge in [0.1, 0.15) is 0 Å². The summed E-state index contributed by atoms with van der Waals surface area (Å²) in [6.45, 7) is 7.37. The van der Waals surface area contributed by atoms with Crippen LogP contribution in [-0.2, 0) is 4.79 Å². The Morgan fingerprint density at radius 1 is 1.38 bits per heavy atom. The van der Waals surface area contributed by atoms with Crippen molar-refractivity contribution < 1.29 is 13.9 Å². The van der Waals surface area contributed by atoms with Crippen molar-refractivity contribution in [2.24, 2.45) is 5.73 Å². The van der Waals surface area contributed by atoms with Gasteiger partial charge in [-0.05, 0) is 44.9 Å². The minimum absolute atomic E-state index is 0.0604. The molecular weight excluding hydrogens is 271 g/mol. The first-order valence-electron chi connectivity index (χ1n) is 7.37. The molecular formula is C16H25FN2O2. The van der Waals surface area contributed by atoms with Gasteiger partial charge in [-0.25, -0.2) is 4.39 Å². The van der Waals surface area contributed by atoms with Crippen LogP contribution in [0.1, 0.15) is 52.1 Å². The average Bonchev–Trinajstić information content (AvgIpc) is 2.40. The van der Waals surface area contributed by atoms with E-state index in [-0.39, 0.29) is 23.7 Å². The van der Waals surface area contributed by atoms with Crippen molar-refractivity contribution in [1.82, 2.24) is 5.32 Å². The summed E-state index contributed by atoms with van der Waals surface area (Å²) >= 11 is 0. The summed E-state index contributed by atoms with van der Waals surface area (Å²) in [5.74, 6) is -0.692. The summed E-state index contributed by atoms with van der Waals surface area (Å²) in [6.07, 6.45) is 1.14. The molecule has 0 aliphatic rings. The van der Waals surface area contributed by atoms with E-state index in [9.17, 15) is 9.18 Å². The summed E-state index contributed by atoms with van der Waals surface area (Å²) in [6, 6.07) is 4.38. The van der Waals surface area contributed by atoms with Crippen LogP contribution in [0.2, 0.25) is 0 Å². The molecule has 0 saturated carbocycles. The normalized spacial score (nSPS) is 15.1. The molecule has 4 nitrogen and oxygen atoms in total. The van der Waals surface area contributed by atoms with Gasteiger partial charge in [0.05, 0.1) is 0 Å². The number of carbonyl (C=O) groups excluding carboxylic acids is 1. The Morgan fingerprint density at radius 2 is 2.05 bits per heavy atom. The van der Waals surface area contributed by atoms with Crippen LogP contribution in [-0.4, -0.2) is 18.1 Å². The molecule has 5 heteroatoms. The average molecular weight is 296 g/mol. The van der Waals surface area contributed by atoms with Gasteiger partial charge in [-0.2, -0.15) is 0 Å². The molecule has 1 aromatic carbocycles. The van der Waals surface area contributed by atoms with E-state index in [1.54, 1.807) is 19.9 Å². The van der Waals surface area contributed by atoms with Gasteiger partial charge in [0, 0.05) is 12.1 Å². The molecule has 0 aromatic heterocycles. The van der Waals surface area contributed by atoms with Crippen molar-refractivity contribution in [2.75, 3.05) is 0 Å². The van der Waals surface area contributed by atoms with Crippen molar-refractivity contribution in [3.05, 3.63) is 29.6 Å². The van der Waals surface area contributed by atoms with Crippen LogP contribution in [0.4, 0.5) is 4.39 Å². The molecule has 3 atom stereocenters. The Labute approximate surface area is 125 Å². The zero-order valence-corrected chi connectivity index (χ0v) is 13.2. The number of halogens is 1. The number of ether oxygens (including phenoxy) is 1. The van der Waals surface area contributed by atoms with Gasteiger partial charge in [0.25, 0.3) is 5.91 Å². The number of nitrogens with one attached hydrogen (secondary N) is 1. The number of benzene rings is 1. The van der Waals surface area contributed by atoms with Crippen molar-refractivity contribution >= 4 is 5.91 Å². The molecule has 0 fully saturated rings. The maximum atomic E-state index is 13.9. The molecule has 0 saturated heterocycles. The number of rotatable bonds is 7. The zero-order valence-electron chi connectivity index (χ0n) is 13.2. The number of amides is 1. The van der Waals surface area contributed by atoms with E-state index in [4.69, 9.17) is 10.5 Å².